The number of carbonyl (C=O) groups is 1. The molecule has 10 heteroatoms. The Bertz CT molecular complexity index is 1550. The van der Waals surface area contributed by atoms with Crippen LogP contribution in [0.1, 0.15) is 5.56 Å². The molecule has 3 heterocycles. The molecule has 1 amide bonds. The Balaban J connectivity index is 1.27. The number of thioether (sulfide) groups is 1. The van der Waals surface area contributed by atoms with Gasteiger partial charge < -0.3 is 5.32 Å². The molecule has 0 atom stereocenters. The summed E-state index contributed by atoms with van der Waals surface area (Å²) in [6.45, 7) is 0. The third-order valence-electron chi connectivity index (χ3n) is 4.87. The number of anilines is 2. The van der Waals surface area contributed by atoms with Crippen LogP contribution >= 0.6 is 11.8 Å². The van der Waals surface area contributed by atoms with Crippen LogP contribution in [0, 0.1) is 0 Å². The average Bonchev–Trinajstić information content (AvgIpc) is 3.18. The van der Waals surface area contributed by atoms with Gasteiger partial charge in [0, 0.05) is 23.5 Å². The number of hydrogen-bond acceptors (Lipinski definition) is 7. The smallest absolute Gasteiger partial charge is 0.286 e. The van der Waals surface area contributed by atoms with Crippen molar-refractivity contribution in [1.29, 1.82) is 0 Å². The number of rotatable bonds is 5. The number of aromatic nitrogens is 2. The maximum absolute atomic E-state index is 12.5. The van der Waals surface area contributed by atoms with Crippen LogP contribution in [-0.2, 0) is 14.8 Å². The van der Waals surface area contributed by atoms with Crippen LogP contribution in [0.15, 0.2) is 100.0 Å². The van der Waals surface area contributed by atoms with Gasteiger partial charge in [0.2, 0.25) is 0 Å². The van der Waals surface area contributed by atoms with E-state index in [0.29, 0.717) is 15.8 Å². The van der Waals surface area contributed by atoms with Crippen molar-refractivity contribution in [3.63, 3.8) is 0 Å². The van der Waals surface area contributed by atoms with Crippen molar-refractivity contribution in [2.75, 3.05) is 10.0 Å². The van der Waals surface area contributed by atoms with Gasteiger partial charge in [0.15, 0.2) is 5.17 Å². The van der Waals surface area contributed by atoms with E-state index in [1.165, 1.54) is 30.1 Å². The van der Waals surface area contributed by atoms with Gasteiger partial charge in [-0.2, -0.15) is 4.99 Å². The summed E-state index contributed by atoms with van der Waals surface area (Å²) in [6, 6.07) is 20.7. The number of amides is 1. The zero-order valence-corrected chi connectivity index (χ0v) is 19.2. The van der Waals surface area contributed by atoms with E-state index in [2.05, 4.69) is 25.0 Å². The van der Waals surface area contributed by atoms with Gasteiger partial charge in [0.1, 0.15) is 5.82 Å². The fraction of sp³-hybridized carbons (Fsp3) is 0. The number of hydrogen-bond donors (Lipinski definition) is 2. The fourth-order valence-corrected chi connectivity index (χ4v) is 5.10. The van der Waals surface area contributed by atoms with Crippen molar-refractivity contribution in [2.24, 2.45) is 4.99 Å². The minimum atomic E-state index is -3.77. The first kappa shape index (κ1) is 21.8. The van der Waals surface area contributed by atoms with Crippen molar-refractivity contribution < 1.29 is 13.2 Å². The Kier molecular flexibility index (Phi) is 5.83. The van der Waals surface area contributed by atoms with Crippen LogP contribution in [-0.4, -0.2) is 29.5 Å². The lowest BCUT2D eigenvalue weighted by molar-refractivity contribution is -0.113. The second kappa shape index (κ2) is 9.08. The molecule has 0 radical (unpaired) electrons. The number of pyridine rings is 2. The van der Waals surface area contributed by atoms with Gasteiger partial charge in [-0.15, -0.1) is 0 Å². The van der Waals surface area contributed by atoms with Crippen LogP contribution in [0.25, 0.3) is 17.0 Å². The molecule has 2 N–H and O–H groups in total. The first-order valence-corrected chi connectivity index (χ1v) is 12.4. The summed E-state index contributed by atoms with van der Waals surface area (Å²) in [5, 5.41) is 4.46. The summed E-state index contributed by atoms with van der Waals surface area (Å²) in [7, 11) is -3.77. The number of sulfonamides is 1. The van der Waals surface area contributed by atoms with Crippen LogP contribution in [0.3, 0.4) is 0 Å². The standard InChI is InChI=1S/C24H17N5O3S2/c30-23-21(15-16-6-11-20-17(14-16)4-3-13-25-20)33-24(28-23)27-18-7-9-19(10-8-18)34(31,32)29-22-5-1-2-12-26-22/h1-15H,(H,26,29)(H,27,28,30). The number of nitrogens with zero attached hydrogens (tertiary/aromatic N) is 3. The molecule has 0 spiro atoms. The zero-order chi connectivity index (χ0) is 23.5. The molecule has 2 aromatic heterocycles. The summed E-state index contributed by atoms with van der Waals surface area (Å²) >= 11 is 1.22. The second-order valence-electron chi connectivity index (χ2n) is 7.26. The highest BCUT2D eigenvalue weighted by molar-refractivity contribution is 8.18. The lowest BCUT2D eigenvalue weighted by Gasteiger charge is -2.09. The van der Waals surface area contributed by atoms with Gasteiger partial charge in [0.05, 0.1) is 15.3 Å². The summed E-state index contributed by atoms with van der Waals surface area (Å²) < 4.78 is 27.5. The molecule has 0 aliphatic carbocycles. The summed E-state index contributed by atoms with van der Waals surface area (Å²) in [4.78, 5) is 25.3. The number of amidine groups is 1. The molecule has 2 aromatic carbocycles. The maximum atomic E-state index is 12.5. The van der Waals surface area contributed by atoms with Crippen molar-refractivity contribution in [1.82, 2.24) is 9.97 Å². The normalized spacial score (nSPS) is 14.9. The molecule has 168 valence electrons. The number of carbonyl (C=O) groups excluding carboxylic acids is 1. The molecule has 34 heavy (non-hydrogen) atoms. The van der Waals surface area contributed by atoms with Gasteiger partial charge in [-0.1, -0.05) is 18.2 Å². The molecule has 0 fully saturated rings. The molecule has 0 saturated heterocycles. The topological polar surface area (TPSA) is 113 Å². The zero-order valence-electron chi connectivity index (χ0n) is 17.5. The Hall–Kier alpha value is -4.02. The average molecular weight is 488 g/mol. The van der Waals surface area contributed by atoms with E-state index in [1.807, 2.05) is 30.3 Å². The molecular weight excluding hydrogens is 470 g/mol. The lowest BCUT2D eigenvalue weighted by Crippen LogP contribution is -2.14. The first-order valence-electron chi connectivity index (χ1n) is 10.1. The molecule has 1 aliphatic heterocycles. The highest BCUT2D eigenvalue weighted by Crippen LogP contribution is 2.30. The third kappa shape index (κ3) is 4.82. The molecule has 5 rings (SSSR count). The number of benzene rings is 2. The van der Waals surface area contributed by atoms with E-state index in [-0.39, 0.29) is 16.6 Å². The van der Waals surface area contributed by atoms with E-state index in [1.54, 1.807) is 42.6 Å². The fourth-order valence-electron chi connectivity index (χ4n) is 3.26. The Morgan fingerprint density at radius 3 is 2.50 bits per heavy atom. The van der Waals surface area contributed by atoms with E-state index in [9.17, 15) is 13.2 Å². The summed E-state index contributed by atoms with van der Waals surface area (Å²) in [5.74, 6) is -0.0977. The van der Waals surface area contributed by atoms with Gasteiger partial charge >= 0.3 is 0 Å². The predicted molar refractivity (Wildman–Crippen MR) is 135 cm³/mol. The Labute approximate surface area is 199 Å². The van der Waals surface area contributed by atoms with Crippen LogP contribution in [0.4, 0.5) is 11.5 Å². The van der Waals surface area contributed by atoms with E-state index < -0.39 is 10.0 Å². The van der Waals surface area contributed by atoms with Gasteiger partial charge in [-0.25, -0.2) is 13.4 Å². The van der Waals surface area contributed by atoms with Gasteiger partial charge in [-0.3, -0.25) is 14.5 Å². The molecule has 0 unspecified atom stereocenters. The van der Waals surface area contributed by atoms with Crippen molar-refractivity contribution in [3.05, 3.63) is 95.7 Å². The van der Waals surface area contributed by atoms with Crippen LogP contribution < -0.4 is 10.0 Å². The van der Waals surface area contributed by atoms with Crippen molar-refractivity contribution >= 4 is 61.3 Å². The molecular formula is C24H17N5O3S2. The highest BCUT2D eigenvalue weighted by atomic mass is 32.2. The number of aliphatic imine (C=N–C) groups is 1. The summed E-state index contributed by atoms with van der Waals surface area (Å²) in [5.41, 5.74) is 2.37. The number of nitrogens with one attached hydrogen (secondary N) is 2. The molecule has 8 nitrogen and oxygen atoms in total. The molecule has 4 aromatic rings. The van der Waals surface area contributed by atoms with E-state index in [0.717, 1.165) is 16.5 Å². The van der Waals surface area contributed by atoms with Crippen molar-refractivity contribution in [2.45, 2.75) is 4.90 Å². The Morgan fingerprint density at radius 1 is 0.882 bits per heavy atom. The van der Waals surface area contributed by atoms with E-state index >= 15 is 0 Å². The Morgan fingerprint density at radius 2 is 1.71 bits per heavy atom. The molecule has 1 aliphatic rings. The van der Waals surface area contributed by atoms with Crippen LogP contribution in [0.2, 0.25) is 0 Å². The minimum absolute atomic E-state index is 0.0900. The third-order valence-corrected chi connectivity index (χ3v) is 7.13. The van der Waals surface area contributed by atoms with Gasteiger partial charge in [-0.05, 0) is 78.0 Å². The minimum Gasteiger partial charge on any atom is -0.334 e. The van der Waals surface area contributed by atoms with E-state index in [4.69, 9.17) is 0 Å². The highest BCUT2D eigenvalue weighted by Gasteiger charge is 2.22. The lowest BCUT2D eigenvalue weighted by atomic mass is 10.1. The number of fused-ring (bicyclic) bond motifs is 1. The summed E-state index contributed by atoms with van der Waals surface area (Å²) in [6.07, 6.45) is 5.03. The largest absolute Gasteiger partial charge is 0.334 e. The SMILES string of the molecule is O=C1N=C(Nc2ccc(S(=O)(=O)Nc3ccccn3)cc2)SC1=Cc1ccc2ncccc2c1. The maximum Gasteiger partial charge on any atom is 0.286 e. The van der Waals surface area contributed by atoms with Gasteiger partial charge in [0.25, 0.3) is 15.9 Å². The first-order chi connectivity index (χ1) is 16.5. The molecule has 0 saturated carbocycles. The van der Waals surface area contributed by atoms with Crippen LogP contribution in [0.5, 0.6) is 0 Å². The second-order valence-corrected chi connectivity index (χ2v) is 9.97. The monoisotopic (exact) mass is 487 g/mol. The quantitative estimate of drug-likeness (QED) is 0.398. The predicted octanol–water partition coefficient (Wildman–Crippen LogP) is 4.51. The van der Waals surface area contributed by atoms with Crippen molar-refractivity contribution in [3.8, 4) is 0 Å². The molecule has 0 bridgehead atoms.